The SMILES string of the molecule is C=CCCC(O)CN(Cc1ccncc1)C1CC1. The number of rotatable bonds is 8. The molecule has 1 saturated carbocycles. The van der Waals surface area contributed by atoms with E-state index in [1.807, 2.05) is 30.6 Å². The molecule has 3 heteroatoms. The van der Waals surface area contributed by atoms with Crippen LogP contribution in [0.2, 0.25) is 0 Å². The van der Waals surface area contributed by atoms with Gasteiger partial charge >= 0.3 is 0 Å². The second-order valence-electron chi connectivity index (χ2n) is 5.04. The van der Waals surface area contributed by atoms with E-state index in [9.17, 15) is 5.11 Å². The highest BCUT2D eigenvalue weighted by atomic mass is 16.3. The number of allylic oxidation sites excluding steroid dienone is 1. The van der Waals surface area contributed by atoms with Crippen LogP contribution in [-0.4, -0.2) is 33.7 Å². The maximum atomic E-state index is 10.0. The Hall–Kier alpha value is -1.19. The molecule has 0 radical (unpaired) electrons. The number of aliphatic hydroxyl groups is 1. The lowest BCUT2D eigenvalue weighted by Gasteiger charge is -2.24. The minimum absolute atomic E-state index is 0.245. The summed E-state index contributed by atoms with van der Waals surface area (Å²) in [6, 6.07) is 4.76. The average molecular weight is 246 g/mol. The number of hydrogen-bond donors (Lipinski definition) is 1. The van der Waals surface area contributed by atoms with Crippen molar-refractivity contribution >= 4 is 0 Å². The largest absolute Gasteiger partial charge is 0.392 e. The van der Waals surface area contributed by atoms with E-state index in [-0.39, 0.29) is 6.10 Å². The van der Waals surface area contributed by atoms with Crippen LogP contribution in [0, 0.1) is 0 Å². The van der Waals surface area contributed by atoms with Gasteiger partial charge in [-0.2, -0.15) is 0 Å². The van der Waals surface area contributed by atoms with Crippen LogP contribution in [0.3, 0.4) is 0 Å². The Morgan fingerprint density at radius 1 is 1.44 bits per heavy atom. The summed E-state index contributed by atoms with van der Waals surface area (Å²) in [5, 5.41) is 10.0. The van der Waals surface area contributed by atoms with Crippen LogP contribution in [-0.2, 0) is 6.54 Å². The van der Waals surface area contributed by atoms with Crippen molar-refractivity contribution in [3.8, 4) is 0 Å². The lowest BCUT2D eigenvalue weighted by Crippen LogP contribution is -2.33. The van der Waals surface area contributed by atoms with Gasteiger partial charge in [-0.05, 0) is 43.4 Å². The quantitative estimate of drug-likeness (QED) is 0.715. The minimum Gasteiger partial charge on any atom is -0.392 e. The number of aliphatic hydroxyl groups excluding tert-OH is 1. The molecule has 1 aromatic rings. The van der Waals surface area contributed by atoms with E-state index in [1.54, 1.807) is 0 Å². The molecule has 1 atom stereocenters. The molecule has 1 N–H and O–H groups in total. The number of aromatic nitrogens is 1. The van der Waals surface area contributed by atoms with Crippen LogP contribution in [0.1, 0.15) is 31.2 Å². The van der Waals surface area contributed by atoms with Gasteiger partial charge in [0.1, 0.15) is 0 Å². The molecule has 2 rings (SSSR count). The fourth-order valence-corrected chi connectivity index (χ4v) is 2.18. The van der Waals surface area contributed by atoms with Crippen molar-refractivity contribution in [2.45, 2.75) is 44.4 Å². The Labute approximate surface area is 109 Å². The summed E-state index contributed by atoms with van der Waals surface area (Å²) >= 11 is 0. The molecule has 1 unspecified atom stereocenters. The molecule has 0 spiro atoms. The molecule has 1 heterocycles. The molecule has 0 aliphatic heterocycles. The molecule has 0 aromatic carbocycles. The van der Waals surface area contributed by atoms with E-state index in [4.69, 9.17) is 0 Å². The van der Waals surface area contributed by atoms with Gasteiger partial charge in [0.2, 0.25) is 0 Å². The third-order valence-electron chi connectivity index (χ3n) is 3.35. The molecule has 0 saturated heterocycles. The third kappa shape index (κ3) is 4.24. The lowest BCUT2D eigenvalue weighted by molar-refractivity contribution is 0.0980. The topological polar surface area (TPSA) is 36.4 Å². The first kappa shape index (κ1) is 13.2. The zero-order valence-electron chi connectivity index (χ0n) is 10.8. The predicted octanol–water partition coefficient (Wildman–Crippen LogP) is 2.37. The Balaban J connectivity index is 1.86. The normalized spacial score (nSPS) is 16.8. The van der Waals surface area contributed by atoms with Crippen molar-refractivity contribution in [1.82, 2.24) is 9.88 Å². The molecule has 98 valence electrons. The lowest BCUT2D eigenvalue weighted by atomic mass is 10.1. The van der Waals surface area contributed by atoms with Gasteiger partial charge in [-0.15, -0.1) is 6.58 Å². The van der Waals surface area contributed by atoms with Crippen LogP contribution in [0.4, 0.5) is 0 Å². The van der Waals surface area contributed by atoms with Crippen LogP contribution >= 0.6 is 0 Å². The molecule has 18 heavy (non-hydrogen) atoms. The van der Waals surface area contributed by atoms with Gasteiger partial charge in [0.25, 0.3) is 0 Å². The van der Waals surface area contributed by atoms with Gasteiger partial charge < -0.3 is 5.11 Å². The van der Waals surface area contributed by atoms with Crippen LogP contribution in [0.25, 0.3) is 0 Å². The predicted molar refractivity (Wildman–Crippen MR) is 73.1 cm³/mol. The molecule has 0 bridgehead atoms. The highest BCUT2D eigenvalue weighted by Crippen LogP contribution is 2.28. The van der Waals surface area contributed by atoms with Crippen molar-refractivity contribution in [2.75, 3.05) is 6.54 Å². The maximum absolute atomic E-state index is 10.0. The summed E-state index contributed by atoms with van der Waals surface area (Å²) in [5.41, 5.74) is 1.27. The molecule has 1 aromatic heterocycles. The highest BCUT2D eigenvalue weighted by molar-refractivity contribution is 5.10. The second kappa shape index (κ2) is 6.66. The summed E-state index contributed by atoms with van der Waals surface area (Å²) in [4.78, 5) is 6.43. The van der Waals surface area contributed by atoms with Gasteiger partial charge in [0.05, 0.1) is 6.10 Å². The number of pyridine rings is 1. The number of nitrogens with zero attached hydrogens (tertiary/aromatic N) is 2. The summed E-state index contributed by atoms with van der Waals surface area (Å²) < 4.78 is 0. The summed E-state index contributed by atoms with van der Waals surface area (Å²) in [5.74, 6) is 0. The van der Waals surface area contributed by atoms with Gasteiger partial charge in [-0.1, -0.05) is 6.08 Å². The molecule has 1 fully saturated rings. The Bertz CT molecular complexity index is 362. The Morgan fingerprint density at radius 2 is 2.17 bits per heavy atom. The van der Waals surface area contributed by atoms with Crippen molar-refractivity contribution in [3.05, 3.63) is 42.7 Å². The zero-order chi connectivity index (χ0) is 12.8. The smallest absolute Gasteiger partial charge is 0.0670 e. The first-order valence-electron chi connectivity index (χ1n) is 6.71. The van der Waals surface area contributed by atoms with Gasteiger partial charge in [0, 0.05) is 31.5 Å². The van der Waals surface area contributed by atoms with Crippen LogP contribution in [0.5, 0.6) is 0 Å². The first-order valence-corrected chi connectivity index (χ1v) is 6.71. The molecular formula is C15H22N2O. The van der Waals surface area contributed by atoms with Gasteiger partial charge in [-0.25, -0.2) is 0 Å². The standard InChI is InChI=1S/C15H22N2O/c1-2-3-4-15(18)12-17(14-5-6-14)11-13-7-9-16-10-8-13/h2,7-10,14-15,18H,1,3-6,11-12H2. The van der Waals surface area contributed by atoms with E-state index in [1.165, 1.54) is 18.4 Å². The monoisotopic (exact) mass is 246 g/mol. The third-order valence-corrected chi connectivity index (χ3v) is 3.35. The van der Waals surface area contributed by atoms with Crippen LogP contribution in [0.15, 0.2) is 37.2 Å². The maximum Gasteiger partial charge on any atom is 0.0670 e. The fourth-order valence-electron chi connectivity index (χ4n) is 2.18. The molecular weight excluding hydrogens is 224 g/mol. The van der Waals surface area contributed by atoms with Crippen molar-refractivity contribution < 1.29 is 5.11 Å². The van der Waals surface area contributed by atoms with E-state index in [0.717, 1.165) is 25.9 Å². The van der Waals surface area contributed by atoms with Crippen molar-refractivity contribution in [1.29, 1.82) is 0 Å². The summed E-state index contributed by atoms with van der Waals surface area (Å²) in [6.07, 6.45) is 9.50. The summed E-state index contributed by atoms with van der Waals surface area (Å²) in [7, 11) is 0. The number of hydrogen-bond acceptors (Lipinski definition) is 3. The second-order valence-corrected chi connectivity index (χ2v) is 5.04. The molecule has 0 amide bonds. The van der Waals surface area contributed by atoms with Gasteiger partial charge in [-0.3, -0.25) is 9.88 Å². The van der Waals surface area contributed by atoms with Gasteiger partial charge in [0.15, 0.2) is 0 Å². The van der Waals surface area contributed by atoms with E-state index < -0.39 is 0 Å². The average Bonchev–Trinajstić information content (AvgIpc) is 3.21. The highest BCUT2D eigenvalue weighted by Gasteiger charge is 2.29. The van der Waals surface area contributed by atoms with Crippen molar-refractivity contribution in [2.24, 2.45) is 0 Å². The summed E-state index contributed by atoms with van der Waals surface area (Å²) in [6.45, 7) is 5.38. The van der Waals surface area contributed by atoms with E-state index in [0.29, 0.717) is 6.04 Å². The minimum atomic E-state index is -0.245. The zero-order valence-corrected chi connectivity index (χ0v) is 10.8. The fraction of sp³-hybridized carbons (Fsp3) is 0.533. The molecule has 3 nitrogen and oxygen atoms in total. The van der Waals surface area contributed by atoms with Crippen molar-refractivity contribution in [3.63, 3.8) is 0 Å². The Morgan fingerprint density at radius 3 is 2.78 bits per heavy atom. The first-order chi connectivity index (χ1) is 8.79. The molecule has 1 aliphatic carbocycles. The van der Waals surface area contributed by atoms with E-state index >= 15 is 0 Å². The van der Waals surface area contributed by atoms with Crippen LogP contribution < -0.4 is 0 Å². The Kier molecular flexibility index (Phi) is 4.90. The van der Waals surface area contributed by atoms with E-state index in [2.05, 4.69) is 16.5 Å². The molecule has 1 aliphatic rings.